The summed E-state index contributed by atoms with van der Waals surface area (Å²) in [6.45, 7) is 13.5. The lowest BCUT2D eigenvalue weighted by atomic mass is 10.1. The van der Waals surface area contributed by atoms with E-state index in [1.54, 1.807) is 6.92 Å². The summed E-state index contributed by atoms with van der Waals surface area (Å²) in [4.78, 5) is 11.6. The summed E-state index contributed by atoms with van der Waals surface area (Å²) in [5.41, 5.74) is 1.75. The zero-order chi connectivity index (χ0) is 14.0. The largest absolute Gasteiger partial charge is 0.300 e. The van der Waals surface area contributed by atoms with Crippen molar-refractivity contribution < 1.29 is 4.79 Å². The summed E-state index contributed by atoms with van der Waals surface area (Å²) in [6, 6.07) is 10.5. The van der Waals surface area contributed by atoms with E-state index >= 15 is 0 Å². The van der Waals surface area contributed by atoms with E-state index in [1.807, 2.05) is 6.07 Å². The van der Waals surface area contributed by atoms with Gasteiger partial charge in [0.1, 0.15) is 5.78 Å². The summed E-state index contributed by atoms with van der Waals surface area (Å²) in [7, 11) is -1.56. The van der Waals surface area contributed by atoms with Crippen LogP contribution in [0.1, 0.15) is 45.2 Å². The normalized spacial score (nSPS) is 14.3. The van der Waals surface area contributed by atoms with E-state index in [-0.39, 0.29) is 0 Å². The van der Waals surface area contributed by atoms with Crippen molar-refractivity contribution in [3.05, 3.63) is 35.9 Å². The highest BCUT2D eigenvalue weighted by molar-refractivity contribution is 6.81. The van der Waals surface area contributed by atoms with Crippen molar-refractivity contribution in [2.45, 2.75) is 57.8 Å². The summed E-state index contributed by atoms with van der Waals surface area (Å²) in [5, 5.41) is 0.295. The molecule has 0 aliphatic carbocycles. The Morgan fingerprint density at radius 1 is 1.17 bits per heavy atom. The van der Waals surface area contributed by atoms with Crippen molar-refractivity contribution >= 4 is 13.9 Å². The Labute approximate surface area is 113 Å². The van der Waals surface area contributed by atoms with E-state index in [1.165, 1.54) is 5.56 Å². The van der Waals surface area contributed by atoms with Gasteiger partial charge in [0.25, 0.3) is 0 Å². The predicted octanol–water partition coefficient (Wildman–Crippen LogP) is 4.80. The highest BCUT2D eigenvalue weighted by Gasteiger charge is 2.42. The van der Waals surface area contributed by atoms with Gasteiger partial charge >= 0.3 is 0 Å². The Morgan fingerprint density at radius 2 is 1.67 bits per heavy atom. The van der Waals surface area contributed by atoms with Crippen molar-refractivity contribution in [2.24, 2.45) is 0 Å². The first-order chi connectivity index (χ1) is 8.16. The van der Waals surface area contributed by atoms with Crippen LogP contribution in [-0.2, 0) is 4.79 Å². The first kappa shape index (κ1) is 15.2. The molecule has 0 aliphatic rings. The van der Waals surface area contributed by atoms with Crippen molar-refractivity contribution in [1.82, 2.24) is 0 Å². The molecule has 0 radical (unpaired) electrons. The van der Waals surface area contributed by atoms with Crippen LogP contribution in [0.5, 0.6) is 0 Å². The molecule has 2 heteroatoms. The minimum absolute atomic E-state index is 0.295. The Bertz CT molecular complexity index is 401. The van der Waals surface area contributed by atoms with E-state index in [2.05, 4.69) is 58.1 Å². The highest BCUT2D eigenvalue weighted by atomic mass is 28.3. The third-order valence-electron chi connectivity index (χ3n) is 4.50. The Hall–Kier alpha value is -0.893. The van der Waals surface area contributed by atoms with Gasteiger partial charge in [0.15, 0.2) is 0 Å². The molecule has 1 rings (SSSR count). The topological polar surface area (TPSA) is 17.1 Å². The quantitative estimate of drug-likeness (QED) is 0.713. The molecule has 0 N–H and O–H groups in total. The van der Waals surface area contributed by atoms with Gasteiger partial charge in [-0.2, -0.15) is 0 Å². The number of carbonyl (C=O) groups is 1. The smallest absolute Gasteiger partial charge is 0.130 e. The zero-order valence-corrected chi connectivity index (χ0v) is 13.6. The van der Waals surface area contributed by atoms with Crippen LogP contribution in [0.3, 0.4) is 0 Å². The maximum absolute atomic E-state index is 11.6. The predicted molar refractivity (Wildman–Crippen MR) is 81.7 cm³/mol. The first-order valence-corrected chi connectivity index (χ1v) is 9.78. The molecule has 0 aromatic heterocycles. The van der Waals surface area contributed by atoms with E-state index in [0.717, 1.165) is 0 Å². The van der Waals surface area contributed by atoms with E-state index in [0.29, 0.717) is 22.8 Å². The van der Waals surface area contributed by atoms with Gasteiger partial charge in [-0.05, 0) is 23.1 Å². The van der Waals surface area contributed by atoms with Gasteiger partial charge in [0.2, 0.25) is 0 Å². The number of benzene rings is 1. The lowest BCUT2D eigenvalue weighted by Gasteiger charge is -2.43. The molecule has 0 saturated carbocycles. The number of rotatable bonds is 4. The highest BCUT2D eigenvalue weighted by Crippen LogP contribution is 2.46. The molecule has 0 bridgehead atoms. The summed E-state index contributed by atoms with van der Waals surface area (Å²) >= 11 is 0. The van der Waals surface area contributed by atoms with Crippen LogP contribution in [-0.4, -0.2) is 13.9 Å². The van der Waals surface area contributed by atoms with Crippen molar-refractivity contribution in [2.75, 3.05) is 0 Å². The SMILES string of the molecule is CC(=O)CC(c1ccccc1)[Si](C)(C)C(C)(C)C. The van der Waals surface area contributed by atoms with E-state index in [4.69, 9.17) is 0 Å². The average Bonchev–Trinajstić information content (AvgIpc) is 2.25. The van der Waals surface area contributed by atoms with Crippen molar-refractivity contribution in [3.8, 4) is 0 Å². The molecule has 0 heterocycles. The minimum atomic E-state index is -1.56. The second-order valence-corrected chi connectivity index (χ2v) is 12.5. The van der Waals surface area contributed by atoms with Gasteiger partial charge in [0.05, 0.1) is 8.07 Å². The lowest BCUT2D eigenvalue weighted by Crippen LogP contribution is -2.44. The van der Waals surface area contributed by atoms with Gasteiger partial charge in [-0.15, -0.1) is 0 Å². The van der Waals surface area contributed by atoms with Gasteiger partial charge in [-0.3, -0.25) is 0 Å². The van der Waals surface area contributed by atoms with Crippen LogP contribution in [0.15, 0.2) is 30.3 Å². The molecular formula is C16H26OSi. The maximum atomic E-state index is 11.6. The zero-order valence-electron chi connectivity index (χ0n) is 12.6. The Kier molecular flexibility index (Phi) is 4.54. The molecule has 0 aliphatic heterocycles. The Morgan fingerprint density at radius 3 is 2.06 bits per heavy atom. The van der Waals surface area contributed by atoms with Crippen LogP contribution in [0.2, 0.25) is 18.1 Å². The molecule has 1 unspecified atom stereocenters. The van der Waals surface area contributed by atoms with E-state index in [9.17, 15) is 4.79 Å². The number of hydrogen-bond donors (Lipinski definition) is 0. The van der Waals surface area contributed by atoms with Gasteiger partial charge in [-0.1, -0.05) is 64.2 Å². The monoisotopic (exact) mass is 262 g/mol. The second-order valence-electron chi connectivity index (χ2n) is 6.84. The molecule has 0 amide bonds. The maximum Gasteiger partial charge on any atom is 0.130 e. The number of ketones is 1. The molecule has 0 fully saturated rings. The molecule has 1 aromatic rings. The summed E-state index contributed by atoms with van der Waals surface area (Å²) in [5.74, 6) is 0.300. The third kappa shape index (κ3) is 3.32. The van der Waals surface area contributed by atoms with Crippen LogP contribution in [0, 0.1) is 0 Å². The molecule has 1 nitrogen and oxygen atoms in total. The molecule has 1 atom stereocenters. The Balaban J connectivity index is 3.18. The molecule has 18 heavy (non-hydrogen) atoms. The summed E-state index contributed by atoms with van der Waals surface area (Å²) in [6.07, 6.45) is 0.681. The standard InChI is InChI=1S/C16H26OSi/c1-13(17)12-15(14-10-8-7-9-11-14)18(5,6)16(2,3)4/h7-11,15H,12H2,1-6H3. The molecule has 1 aromatic carbocycles. The van der Waals surface area contributed by atoms with E-state index < -0.39 is 8.07 Å². The van der Waals surface area contributed by atoms with Crippen molar-refractivity contribution in [1.29, 1.82) is 0 Å². The molecule has 0 saturated heterocycles. The third-order valence-corrected chi connectivity index (χ3v) is 10.6. The molecule has 100 valence electrons. The van der Waals surface area contributed by atoms with Gasteiger partial charge < -0.3 is 4.79 Å². The first-order valence-electron chi connectivity index (χ1n) is 6.70. The van der Waals surface area contributed by atoms with Crippen LogP contribution in [0.4, 0.5) is 0 Å². The van der Waals surface area contributed by atoms with Crippen LogP contribution >= 0.6 is 0 Å². The second kappa shape index (κ2) is 5.39. The summed E-state index contributed by atoms with van der Waals surface area (Å²) < 4.78 is 0. The average molecular weight is 262 g/mol. The molecular weight excluding hydrogens is 236 g/mol. The van der Waals surface area contributed by atoms with Gasteiger partial charge in [-0.25, -0.2) is 0 Å². The van der Waals surface area contributed by atoms with Crippen molar-refractivity contribution in [3.63, 3.8) is 0 Å². The lowest BCUT2D eigenvalue weighted by molar-refractivity contribution is -0.117. The van der Waals surface area contributed by atoms with Gasteiger partial charge in [0, 0.05) is 6.42 Å². The molecule has 0 spiro atoms. The number of carbonyl (C=O) groups excluding carboxylic acids is 1. The van der Waals surface area contributed by atoms with Crippen LogP contribution in [0.25, 0.3) is 0 Å². The van der Waals surface area contributed by atoms with Crippen LogP contribution < -0.4 is 0 Å². The fourth-order valence-electron chi connectivity index (χ4n) is 2.29. The fourth-order valence-corrected chi connectivity index (χ4v) is 5.15. The number of hydrogen-bond acceptors (Lipinski definition) is 1. The minimum Gasteiger partial charge on any atom is -0.300 e. The number of Topliss-reactive ketones (excluding diaryl/α,β-unsaturated/α-hetero) is 1. The fraction of sp³-hybridized carbons (Fsp3) is 0.562.